The maximum Gasteiger partial charge on any atom is 0.243 e. The van der Waals surface area contributed by atoms with Crippen molar-refractivity contribution in [2.45, 2.75) is 51.0 Å². The summed E-state index contributed by atoms with van der Waals surface area (Å²) in [4.78, 5) is 4.65. The van der Waals surface area contributed by atoms with Crippen molar-refractivity contribution in [3.05, 3.63) is 29.8 Å². The van der Waals surface area contributed by atoms with Crippen LogP contribution in [0.3, 0.4) is 0 Å². The van der Waals surface area contributed by atoms with E-state index in [2.05, 4.69) is 24.2 Å². The number of hydrogen-bond donors (Lipinski definition) is 2. The van der Waals surface area contributed by atoms with E-state index in [1.807, 2.05) is 12.1 Å². The number of nitrogens with zero attached hydrogens (tertiary/aromatic N) is 2. The summed E-state index contributed by atoms with van der Waals surface area (Å²) in [5.74, 6) is 0.946. The largest absolute Gasteiger partial charge is 0.370 e. The lowest BCUT2D eigenvalue weighted by molar-refractivity contribution is 0.346. The first kappa shape index (κ1) is 19.7. The van der Waals surface area contributed by atoms with Crippen molar-refractivity contribution in [3.63, 3.8) is 0 Å². The molecule has 140 valence electrons. The Morgan fingerprint density at radius 1 is 1.24 bits per heavy atom. The lowest BCUT2D eigenvalue weighted by atomic mass is 10.1. The van der Waals surface area contributed by atoms with E-state index in [0.29, 0.717) is 35.4 Å². The number of nitrogens with one attached hydrogen (secondary N) is 1. The van der Waals surface area contributed by atoms with E-state index in [1.165, 1.54) is 0 Å². The van der Waals surface area contributed by atoms with Crippen LogP contribution in [0.25, 0.3) is 0 Å². The van der Waals surface area contributed by atoms with Crippen LogP contribution in [0.5, 0.6) is 0 Å². The molecule has 0 radical (unpaired) electrons. The van der Waals surface area contributed by atoms with E-state index in [9.17, 15) is 8.42 Å². The van der Waals surface area contributed by atoms with Crippen LogP contribution in [0.15, 0.2) is 34.2 Å². The Morgan fingerprint density at radius 2 is 1.92 bits per heavy atom. The van der Waals surface area contributed by atoms with E-state index in [-0.39, 0.29) is 6.54 Å². The molecule has 1 aliphatic rings. The van der Waals surface area contributed by atoms with Crippen molar-refractivity contribution in [1.29, 1.82) is 0 Å². The van der Waals surface area contributed by atoms with Crippen molar-refractivity contribution in [2.75, 3.05) is 19.6 Å². The Hall–Kier alpha value is -1.60. The number of guanidine groups is 1. The van der Waals surface area contributed by atoms with Crippen molar-refractivity contribution in [1.82, 2.24) is 9.62 Å². The molecule has 1 heterocycles. The van der Waals surface area contributed by atoms with Crippen LogP contribution in [-0.4, -0.2) is 38.3 Å². The molecule has 0 unspecified atom stereocenters. The smallest absolute Gasteiger partial charge is 0.243 e. The fourth-order valence-corrected chi connectivity index (χ4v) is 4.58. The Labute approximate surface area is 151 Å². The quantitative estimate of drug-likeness (QED) is 0.572. The molecule has 0 aromatic heterocycles. The van der Waals surface area contributed by atoms with Gasteiger partial charge in [0.25, 0.3) is 0 Å². The number of nitrogens with two attached hydrogens (primary N) is 1. The molecule has 1 aromatic rings. The van der Waals surface area contributed by atoms with Crippen LogP contribution in [-0.2, 0) is 16.6 Å². The Morgan fingerprint density at radius 3 is 2.60 bits per heavy atom. The lowest BCUT2D eigenvalue weighted by Crippen LogP contribution is -2.36. The summed E-state index contributed by atoms with van der Waals surface area (Å²) in [6, 6.07) is 7.07. The SMILES string of the molecule is CC(C)CCNC(N)=NCc1ccccc1S(=O)(=O)N1CCCCC1. The Kier molecular flexibility index (Phi) is 7.25. The zero-order valence-electron chi connectivity index (χ0n) is 15.2. The van der Waals surface area contributed by atoms with Gasteiger partial charge in [-0.25, -0.2) is 13.4 Å². The normalized spacial score (nSPS) is 17.0. The monoisotopic (exact) mass is 366 g/mol. The van der Waals surface area contributed by atoms with Crippen molar-refractivity contribution < 1.29 is 8.42 Å². The molecule has 0 saturated carbocycles. The minimum atomic E-state index is -3.47. The standard InChI is InChI=1S/C18H30N4O2S/c1-15(2)10-11-20-18(19)21-14-16-8-4-5-9-17(16)25(23,24)22-12-6-3-7-13-22/h4-5,8-9,15H,3,6-7,10-14H2,1-2H3,(H3,19,20,21). The Bertz CT molecular complexity index is 680. The van der Waals surface area contributed by atoms with E-state index in [0.717, 1.165) is 32.2 Å². The van der Waals surface area contributed by atoms with Crippen LogP contribution in [0, 0.1) is 5.92 Å². The second kappa shape index (κ2) is 9.20. The summed E-state index contributed by atoms with van der Waals surface area (Å²) < 4.78 is 27.4. The fraction of sp³-hybridized carbons (Fsp3) is 0.611. The second-order valence-corrected chi connectivity index (χ2v) is 8.79. The van der Waals surface area contributed by atoms with E-state index in [4.69, 9.17) is 5.73 Å². The first-order valence-corrected chi connectivity index (χ1v) is 10.5. The van der Waals surface area contributed by atoms with Crippen molar-refractivity contribution in [2.24, 2.45) is 16.6 Å². The topological polar surface area (TPSA) is 87.8 Å². The average Bonchev–Trinajstić information content (AvgIpc) is 2.60. The molecule has 6 nitrogen and oxygen atoms in total. The highest BCUT2D eigenvalue weighted by atomic mass is 32.2. The van der Waals surface area contributed by atoms with Gasteiger partial charge < -0.3 is 11.1 Å². The predicted molar refractivity (Wildman–Crippen MR) is 102 cm³/mol. The van der Waals surface area contributed by atoms with Gasteiger partial charge in [0, 0.05) is 19.6 Å². The summed E-state index contributed by atoms with van der Waals surface area (Å²) >= 11 is 0. The molecule has 0 amide bonds. The van der Waals surface area contributed by atoms with E-state index < -0.39 is 10.0 Å². The van der Waals surface area contributed by atoms with Crippen molar-refractivity contribution in [3.8, 4) is 0 Å². The molecule has 0 atom stereocenters. The number of benzene rings is 1. The fourth-order valence-electron chi connectivity index (χ4n) is 2.85. The third-order valence-corrected chi connectivity index (χ3v) is 6.35. The first-order chi connectivity index (χ1) is 11.9. The van der Waals surface area contributed by atoms with E-state index in [1.54, 1.807) is 16.4 Å². The molecule has 0 aliphatic carbocycles. The highest BCUT2D eigenvalue weighted by molar-refractivity contribution is 7.89. The summed E-state index contributed by atoms with van der Waals surface area (Å²) in [5.41, 5.74) is 6.57. The number of hydrogen-bond acceptors (Lipinski definition) is 3. The average molecular weight is 367 g/mol. The molecular weight excluding hydrogens is 336 g/mol. The maximum atomic E-state index is 12.9. The number of aliphatic imine (C=N–C) groups is 1. The van der Waals surface area contributed by atoms with Gasteiger partial charge >= 0.3 is 0 Å². The maximum absolute atomic E-state index is 12.9. The zero-order chi connectivity index (χ0) is 18.3. The minimum Gasteiger partial charge on any atom is -0.370 e. The van der Waals surface area contributed by atoms with Gasteiger partial charge in [0.2, 0.25) is 10.0 Å². The predicted octanol–water partition coefficient (Wildman–Crippen LogP) is 2.31. The lowest BCUT2D eigenvalue weighted by Gasteiger charge is -2.26. The van der Waals surface area contributed by atoms with Crippen LogP contribution in [0.4, 0.5) is 0 Å². The van der Waals surface area contributed by atoms with Crippen LogP contribution < -0.4 is 11.1 Å². The molecule has 7 heteroatoms. The summed E-state index contributed by atoms with van der Waals surface area (Å²) in [7, 11) is -3.47. The summed E-state index contributed by atoms with van der Waals surface area (Å²) in [6.45, 7) is 6.51. The highest BCUT2D eigenvalue weighted by Gasteiger charge is 2.27. The molecule has 0 spiro atoms. The van der Waals surface area contributed by atoms with Crippen LogP contribution in [0.2, 0.25) is 0 Å². The second-order valence-electron chi connectivity index (χ2n) is 6.88. The van der Waals surface area contributed by atoms with Gasteiger partial charge in [-0.05, 0) is 36.8 Å². The van der Waals surface area contributed by atoms with Crippen LogP contribution in [0.1, 0.15) is 45.1 Å². The molecule has 0 bridgehead atoms. The molecule has 1 saturated heterocycles. The Balaban J connectivity index is 2.09. The first-order valence-electron chi connectivity index (χ1n) is 9.03. The molecule has 3 N–H and O–H groups in total. The zero-order valence-corrected chi connectivity index (χ0v) is 16.1. The molecule has 2 rings (SSSR count). The summed E-state index contributed by atoms with van der Waals surface area (Å²) in [5, 5.41) is 3.07. The number of rotatable bonds is 7. The number of sulfonamides is 1. The van der Waals surface area contributed by atoms with Crippen molar-refractivity contribution >= 4 is 16.0 Å². The van der Waals surface area contributed by atoms with Gasteiger partial charge in [-0.2, -0.15) is 4.31 Å². The van der Waals surface area contributed by atoms with Gasteiger partial charge in [-0.15, -0.1) is 0 Å². The molecule has 1 aromatic carbocycles. The molecule has 1 aliphatic heterocycles. The van der Waals surface area contributed by atoms with Gasteiger partial charge in [-0.1, -0.05) is 38.5 Å². The highest BCUT2D eigenvalue weighted by Crippen LogP contribution is 2.24. The number of piperidine rings is 1. The van der Waals surface area contributed by atoms with Gasteiger partial charge in [0.1, 0.15) is 0 Å². The third kappa shape index (κ3) is 5.71. The third-order valence-electron chi connectivity index (χ3n) is 4.35. The van der Waals surface area contributed by atoms with Gasteiger partial charge in [-0.3, -0.25) is 0 Å². The van der Waals surface area contributed by atoms with Gasteiger partial charge in [0.15, 0.2) is 5.96 Å². The molecule has 25 heavy (non-hydrogen) atoms. The molecule has 1 fully saturated rings. The molecular formula is C18H30N4O2S. The minimum absolute atomic E-state index is 0.254. The van der Waals surface area contributed by atoms with E-state index >= 15 is 0 Å². The van der Waals surface area contributed by atoms with Crippen LogP contribution >= 0.6 is 0 Å². The summed E-state index contributed by atoms with van der Waals surface area (Å²) in [6.07, 6.45) is 3.95. The van der Waals surface area contributed by atoms with Gasteiger partial charge in [0.05, 0.1) is 11.4 Å².